The molecule has 22 heteroatoms. The smallest absolute Gasteiger partial charge is 0.547 e. The van der Waals surface area contributed by atoms with Crippen LogP contribution in [0.25, 0.3) is 0 Å². The van der Waals surface area contributed by atoms with Crippen molar-refractivity contribution in [3.05, 3.63) is 0 Å². The molecule has 0 aromatic carbocycles. The average molecular weight is 606 g/mol. The van der Waals surface area contributed by atoms with E-state index >= 15 is 0 Å². The van der Waals surface area contributed by atoms with E-state index in [0.717, 1.165) is 0 Å². The number of aliphatic hydroxyl groups is 12. The number of hydrogen-bond donors (Lipinski definition) is 12. The number of hydrogen-bond acceptors (Lipinski definition) is 21. The molecule has 40 heavy (non-hydrogen) atoms. The zero-order valence-electron chi connectivity index (χ0n) is 19.8. The number of carbonyl (C=O) groups is 6. The zero-order chi connectivity index (χ0) is 31.8. The van der Waals surface area contributed by atoms with E-state index in [1.165, 1.54) is 0 Å². The van der Waals surface area contributed by atoms with Crippen molar-refractivity contribution in [2.24, 2.45) is 0 Å². The predicted molar refractivity (Wildman–Crippen MR) is 111 cm³/mol. The van der Waals surface area contributed by atoms with E-state index in [9.17, 15) is 44.1 Å². The average Bonchev–Trinajstić information content (AvgIpc) is 2.92. The Morgan fingerprint density at radius 1 is 0.400 bits per heavy atom. The third-order valence-electron chi connectivity index (χ3n) is 4.21. The Bertz CT molecular complexity index is 681. The van der Waals surface area contributed by atoms with Gasteiger partial charge in [-0.05, 0) is 0 Å². The Morgan fingerprint density at radius 2 is 0.550 bits per heavy atom. The van der Waals surface area contributed by atoms with Crippen molar-refractivity contribution < 1.29 is 105 Å². The predicted octanol–water partition coefficient (Wildman–Crippen LogP) is -14.2. The summed E-state index contributed by atoms with van der Waals surface area (Å²) in [5.74, 6) is -6.03. The van der Waals surface area contributed by atoms with Crippen molar-refractivity contribution in [3.8, 4) is 0 Å². The van der Waals surface area contributed by atoms with Gasteiger partial charge in [-0.25, -0.2) is 0 Å². The van der Waals surface area contributed by atoms with E-state index in [0.29, 0.717) is 0 Å². The van der Waals surface area contributed by atoms with Gasteiger partial charge in [0, 0.05) is 0 Å². The maximum absolute atomic E-state index is 9.95. The topological polar surface area (TPSA) is 414 Å². The van der Waals surface area contributed by atoms with Gasteiger partial charge in [0.2, 0.25) is 0 Å². The Kier molecular flexibility index (Phi) is 24.7. The summed E-state index contributed by atoms with van der Waals surface area (Å²) in [5, 5.41) is 134. The largest absolute Gasteiger partial charge is 3.00 e. The molecular formula is C18H27AlO21. The van der Waals surface area contributed by atoms with Crippen LogP contribution in [0.5, 0.6) is 0 Å². The second-order valence-corrected chi connectivity index (χ2v) is 7.12. The third-order valence-corrected chi connectivity index (χ3v) is 4.21. The number of carboxylic acid groups (broad SMARTS) is 3. The number of carboxylic acids is 3. The number of carbonyl (C=O) groups excluding carboxylic acids is 6. The van der Waals surface area contributed by atoms with Crippen molar-refractivity contribution in [2.45, 2.75) is 73.2 Å². The fourth-order valence-electron chi connectivity index (χ4n) is 1.83. The van der Waals surface area contributed by atoms with E-state index in [2.05, 4.69) is 0 Å². The number of aliphatic hydroxyl groups excluding tert-OH is 12. The Balaban J connectivity index is -0.000000240. The zero-order valence-corrected chi connectivity index (χ0v) is 20.9. The van der Waals surface area contributed by atoms with Crippen LogP contribution in [0.3, 0.4) is 0 Å². The van der Waals surface area contributed by atoms with Crippen LogP contribution < -0.4 is 15.3 Å². The van der Waals surface area contributed by atoms with E-state index in [4.69, 9.17) is 61.3 Å². The molecule has 0 rings (SSSR count). The molecule has 228 valence electrons. The van der Waals surface area contributed by atoms with Crippen molar-refractivity contribution in [2.75, 3.05) is 0 Å². The first-order valence-electron chi connectivity index (χ1n) is 9.90. The molecule has 0 heterocycles. The van der Waals surface area contributed by atoms with Crippen molar-refractivity contribution in [1.29, 1.82) is 0 Å². The minimum Gasteiger partial charge on any atom is -0.547 e. The molecule has 0 unspecified atom stereocenters. The molecule has 0 spiro atoms. The maximum atomic E-state index is 9.95. The molecule has 0 bridgehead atoms. The first kappa shape index (κ1) is 44.5. The molecule has 0 aromatic rings. The fourth-order valence-corrected chi connectivity index (χ4v) is 1.83. The molecule has 0 radical (unpaired) electrons. The molecular weight excluding hydrogens is 579 g/mol. The van der Waals surface area contributed by atoms with Crippen LogP contribution in [0.15, 0.2) is 0 Å². The van der Waals surface area contributed by atoms with E-state index < -0.39 is 91.2 Å². The molecule has 0 aliphatic heterocycles. The number of aliphatic carboxylic acids is 3. The summed E-state index contributed by atoms with van der Waals surface area (Å²) in [6.45, 7) is 0. The minimum absolute atomic E-state index is 0. The molecule has 12 atom stereocenters. The molecule has 0 aliphatic rings. The van der Waals surface area contributed by atoms with Gasteiger partial charge in [0.05, 0.1) is 17.9 Å². The molecule has 0 aromatic heterocycles. The fraction of sp³-hybridized carbons (Fsp3) is 0.667. The van der Waals surface area contributed by atoms with Gasteiger partial charge >= 0.3 is 17.4 Å². The second-order valence-electron chi connectivity index (χ2n) is 7.12. The standard InChI is InChI=1S/3C6H10O7.Al/c3*7-1-2(8)3(9)4(10)5(11)6(12)13;/h3*1-5,8-11H,(H,12,13);/q;;;+3/p-3/t3*2-,3+,4-,5-;/m000./s1. The van der Waals surface area contributed by atoms with Gasteiger partial charge in [0.15, 0.2) is 18.9 Å². The van der Waals surface area contributed by atoms with Crippen molar-refractivity contribution in [3.63, 3.8) is 0 Å². The molecule has 0 amide bonds. The van der Waals surface area contributed by atoms with Gasteiger partial charge in [-0.1, -0.05) is 0 Å². The van der Waals surface area contributed by atoms with Gasteiger partial charge in [0.1, 0.15) is 73.2 Å². The van der Waals surface area contributed by atoms with Gasteiger partial charge in [-0.2, -0.15) is 0 Å². The molecule has 0 saturated carbocycles. The summed E-state index contributed by atoms with van der Waals surface area (Å²) in [5.41, 5.74) is 0. The van der Waals surface area contributed by atoms with Crippen molar-refractivity contribution in [1.82, 2.24) is 0 Å². The van der Waals surface area contributed by atoms with Crippen LogP contribution in [0.2, 0.25) is 0 Å². The molecule has 0 saturated heterocycles. The van der Waals surface area contributed by atoms with Crippen LogP contribution >= 0.6 is 0 Å². The van der Waals surface area contributed by atoms with Crippen LogP contribution in [0.1, 0.15) is 0 Å². The van der Waals surface area contributed by atoms with Crippen LogP contribution in [0.4, 0.5) is 0 Å². The third kappa shape index (κ3) is 15.9. The summed E-state index contributed by atoms with van der Waals surface area (Å²) in [4.78, 5) is 59.5. The van der Waals surface area contributed by atoms with Gasteiger partial charge in [-0.15, -0.1) is 0 Å². The van der Waals surface area contributed by atoms with Crippen LogP contribution in [-0.4, -0.2) is 189 Å². The summed E-state index contributed by atoms with van der Waals surface area (Å²) in [7, 11) is 0. The Labute approximate surface area is 233 Å². The quantitative estimate of drug-likeness (QED) is 0.0607. The van der Waals surface area contributed by atoms with Crippen LogP contribution in [0, 0.1) is 0 Å². The summed E-state index contributed by atoms with van der Waals surface area (Å²) < 4.78 is 0. The SMILES string of the molecule is O=C[C@H](O)[C@@H](O)[C@H](O)[C@H](O)C(=O)[O-].O=C[C@H](O)[C@@H](O)[C@H](O)[C@H](O)C(=O)[O-].O=C[C@H](O)[C@@H](O)[C@H](O)[C@H](O)C(=O)[O-].[Al+3]. The van der Waals surface area contributed by atoms with Crippen molar-refractivity contribution >= 4 is 54.1 Å². The summed E-state index contributed by atoms with van der Waals surface area (Å²) in [6.07, 6.45) is -26.0. The number of rotatable bonds is 15. The number of aldehydes is 3. The monoisotopic (exact) mass is 606 g/mol. The summed E-state index contributed by atoms with van der Waals surface area (Å²) >= 11 is 0. The normalized spacial score (nSPS) is 19.5. The first-order chi connectivity index (χ1) is 17.7. The Hall–Kier alpha value is -2.53. The van der Waals surface area contributed by atoms with E-state index in [1.807, 2.05) is 0 Å². The maximum Gasteiger partial charge on any atom is 3.00 e. The molecule has 12 N–H and O–H groups in total. The molecule has 0 aliphatic carbocycles. The van der Waals surface area contributed by atoms with Crippen LogP contribution in [-0.2, 0) is 28.8 Å². The van der Waals surface area contributed by atoms with Gasteiger partial charge in [0.25, 0.3) is 0 Å². The van der Waals surface area contributed by atoms with E-state index in [-0.39, 0.29) is 36.2 Å². The summed E-state index contributed by atoms with van der Waals surface area (Å²) in [6, 6.07) is 0. The van der Waals surface area contributed by atoms with Gasteiger partial charge in [-0.3, -0.25) is 0 Å². The minimum atomic E-state index is -2.36. The van der Waals surface area contributed by atoms with Gasteiger partial charge < -0.3 is 105 Å². The Morgan fingerprint density at radius 3 is 0.650 bits per heavy atom. The molecule has 0 fully saturated rings. The van der Waals surface area contributed by atoms with E-state index in [1.54, 1.807) is 0 Å². The second kappa shape index (κ2) is 22.2. The molecule has 21 nitrogen and oxygen atoms in total. The first-order valence-corrected chi connectivity index (χ1v) is 9.90.